The monoisotopic (exact) mass is 265 g/mol. The number of hydrogen-bond acceptors (Lipinski definition) is 3. The summed E-state index contributed by atoms with van der Waals surface area (Å²) >= 11 is 0. The molecule has 1 rings (SSSR count). The van der Waals surface area contributed by atoms with Gasteiger partial charge in [0.2, 0.25) is 0 Å². The average molecular weight is 265 g/mol. The molecule has 0 amide bonds. The number of benzene rings is 1. The molecule has 1 N–H and O–H groups in total. The predicted octanol–water partition coefficient (Wildman–Crippen LogP) is 2.88. The molecule has 4 heteroatoms. The van der Waals surface area contributed by atoms with Gasteiger partial charge in [0, 0.05) is 6.54 Å². The van der Waals surface area contributed by atoms with Crippen LogP contribution in [0.5, 0.6) is 5.75 Å². The van der Waals surface area contributed by atoms with Crippen LogP contribution in [0, 0.1) is 0 Å². The highest BCUT2D eigenvalue weighted by atomic mass is 16.5. The molecular formula is C15H23NO3. The van der Waals surface area contributed by atoms with E-state index < -0.39 is 5.97 Å². The number of hydrogen-bond donors (Lipinski definition) is 1. The summed E-state index contributed by atoms with van der Waals surface area (Å²) in [4.78, 5) is 13.1. The maximum absolute atomic E-state index is 10.7. The highest BCUT2D eigenvalue weighted by Crippen LogP contribution is 2.15. The molecule has 0 aliphatic rings. The second kappa shape index (κ2) is 7.79. The van der Waals surface area contributed by atoms with Crippen molar-refractivity contribution in [1.82, 2.24) is 4.90 Å². The first kappa shape index (κ1) is 15.5. The molecule has 1 unspecified atom stereocenters. The lowest BCUT2D eigenvalue weighted by atomic mass is 10.2. The van der Waals surface area contributed by atoms with Gasteiger partial charge >= 0.3 is 5.97 Å². The number of carboxylic acids is 1. The second-order valence-electron chi connectivity index (χ2n) is 4.57. The highest BCUT2D eigenvalue weighted by Gasteiger charge is 2.08. The lowest BCUT2D eigenvalue weighted by molar-refractivity contribution is 0.0697. The molecule has 1 aromatic carbocycles. The maximum Gasteiger partial charge on any atom is 0.335 e. The molecule has 1 atom stereocenters. The van der Waals surface area contributed by atoms with Crippen molar-refractivity contribution < 1.29 is 14.6 Å². The Balaban J connectivity index is 2.43. The van der Waals surface area contributed by atoms with Crippen LogP contribution in [0.2, 0.25) is 0 Å². The molecular weight excluding hydrogens is 242 g/mol. The fraction of sp³-hybridized carbons (Fsp3) is 0.533. The Bertz CT molecular complexity index is 385. The van der Waals surface area contributed by atoms with E-state index >= 15 is 0 Å². The zero-order chi connectivity index (χ0) is 14.3. The maximum atomic E-state index is 10.7. The van der Waals surface area contributed by atoms with Crippen molar-refractivity contribution in [3.63, 3.8) is 0 Å². The van der Waals surface area contributed by atoms with Crippen molar-refractivity contribution in [2.75, 3.05) is 19.6 Å². The number of ether oxygens (including phenoxy) is 1. The Morgan fingerprint density at radius 3 is 2.32 bits per heavy atom. The van der Waals surface area contributed by atoms with Crippen LogP contribution in [-0.2, 0) is 0 Å². The number of carboxylic acid groups (broad SMARTS) is 1. The molecule has 0 heterocycles. The first-order chi connectivity index (χ1) is 9.06. The zero-order valence-electron chi connectivity index (χ0n) is 11.9. The molecule has 1 aromatic rings. The van der Waals surface area contributed by atoms with Gasteiger partial charge in [0.15, 0.2) is 0 Å². The summed E-state index contributed by atoms with van der Waals surface area (Å²) in [5, 5.41) is 8.81. The van der Waals surface area contributed by atoms with Gasteiger partial charge in [-0.2, -0.15) is 0 Å². The third-order valence-corrected chi connectivity index (χ3v) is 3.18. The quantitative estimate of drug-likeness (QED) is 0.785. The smallest absolute Gasteiger partial charge is 0.335 e. The standard InChI is InChI=1S/C15H23NO3/c1-4-16(5-2)11-10-12(3)19-14-8-6-13(7-9-14)15(17)18/h6-9,12H,4-5,10-11H2,1-3H3,(H,17,18). The van der Waals surface area contributed by atoms with Crippen molar-refractivity contribution in [2.24, 2.45) is 0 Å². The third-order valence-electron chi connectivity index (χ3n) is 3.18. The van der Waals surface area contributed by atoms with E-state index in [1.807, 2.05) is 6.92 Å². The Hall–Kier alpha value is -1.55. The van der Waals surface area contributed by atoms with E-state index in [1.165, 1.54) is 0 Å². The molecule has 4 nitrogen and oxygen atoms in total. The molecule has 19 heavy (non-hydrogen) atoms. The van der Waals surface area contributed by atoms with E-state index in [0.29, 0.717) is 0 Å². The molecule has 0 saturated carbocycles. The highest BCUT2D eigenvalue weighted by molar-refractivity contribution is 5.87. The van der Waals surface area contributed by atoms with Gasteiger partial charge in [-0.05, 0) is 50.7 Å². The summed E-state index contributed by atoms with van der Waals surface area (Å²) in [6.07, 6.45) is 1.08. The molecule has 0 spiro atoms. The Morgan fingerprint density at radius 2 is 1.84 bits per heavy atom. The number of nitrogens with zero attached hydrogens (tertiary/aromatic N) is 1. The van der Waals surface area contributed by atoms with Crippen molar-refractivity contribution in [3.05, 3.63) is 29.8 Å². The van der Waals surface area contributed by atoms with Gasteiger partial charge in [-0.25, -0.2) is 4.79 Å². The van der Waals surface area contributed by atoms with Gasteiger partial charge in [-0.1, -0.05) is 13.8 Å². The Labute approximate surface area is 115 Å². The first-order valence-corrected chi connectivity index (χ1v) is 6.79. The summed E-state index contributed by atoms with van der Waals surface area (Å²) in [5.74, 6) is -0.196. The summed E-state index contributed by atoms with van der Waals surface area (Å²) in [5.41, 5.74) is 0.281. The SMILES string of the molecule is CCN(CC)CCC(C)Oc1ccc(C(=O)O)cc1. The summed E-state index contributed by atoms with van der Waals surface area (Å²) in [6.45, 7) is 9.46. The van der Waals surface area contributed by atoms with Crippen LogP contribution >= 0.6 is 0 Å². The van der Waals surface area contributed by atoms with Crippen LogP contribution in [0.4, 0.5) is 0 Å². The van der Waals surface area contributed by atoms with Crippen molar-refractivity contribution in [2.45, 2.75) is 33.3 Å². The number of rotatable bonds is 8. The van der Waals surface area contributed by atoms with Gasteiger partial charge in [0.25, 0.3) is 0 Å². The molecule has 0 aromatic heterocycles. The number of carbonyl (C=O) groups is 1. The summed E-state index contributed by atoms with van der Waals surface area (Å²) < 4.78 is 5.77. The van der Waals surface area contributed by atoms with Gasteiger partial charge in [0.05, 0.1) is 11.7 Å². The van der Waals surface area contributed by atoms with Crippen molar-refractivity contribution in [3.8, 4) is 5.75 Å². The fourth-order valence-electron chi connectivity index (χ4n) is 1.87. The number of aromatic carboxylic acids is 1. The summed E-state index contributed by atoms with van der Waals surface area (Å²) in [7, 11) is 0. The molecule has 0 fully saturated rings. The van der Waals surface area contributed by atoms with Crippen LogP contribution in [0.25, 0.3) is 0 Å². The Kier molecular flexibility index (Phi) is 6.36. The first-order valence-electron chi connectivity index (χ1n) is 6.79. The second-order valence-corrected chi connectivity index (χ2v) is 4.57. The van der Waals surface area contributed by atoms with E-state index in [1.54, 1.807) is 24.3 Å². The zero-order valence-corrected chi connectivity index (χ0v) is 11.9. The van der Waals surface area contributed by atoms with Crippen LogP contribution in [-0.4, -0.2) is 41.7 Å². The fourth-order valence-corrected chi connectivity index (χ4v) is 1.87. The molecule has 0 bridgehead atoms. The molecule has 106 valence electrons. The lowest BCUT2D eigenvalue weighted by Crippen LogP contribution is -2.27. The predicted molar refractivity (Wildman–Crippen MR) is 75.9 cm³/mol. The van der Waals surface area contributed by atoms with Crippen LogP contribution in [0.1, 0.15) is 37.6 Å². The molecule has 0 saturated heterocycles. The lowest BCUT2D eigenvalue weighted by Gasteiger charge is -2.21. The van der Waals surface area contributed by atoms with E-state index in [2.05, 4.69) is 18.7 Å². The molecule has 0 aliphatic carbocycles. The third kappa shape index (κ3) is 5.30. The summed E-state index contributed by atoms with van der Waals surface area (Å²) in [6, 6.07) is 6.54. The van der Waals surface area contributed by atoms with Gasteiger partial charge in [-0.3, -0.25) is 0 Å². The van der Waals surface area contributed by atoms with E-state index in [-0.39, 0.29) is 11.7 Å². The van der Waals surface area contributed by atoms with Gasteiger partial charge in [0.1, 0.15) is 5.75 Å². The molecule has 0 radical (unpaired) electrons. The topological polar surface area (TPSA) is 49.8 Å². The minimum absolute atomic E-state index is 0.122. The Morgan fingerprint density at radius 1 is 1.26 bits per heavy atom. The van der Waals surface area contributed by atoms with Crippen LogP contribution in [0.15, 0.2) is 24.3 Å². The van der Waals surface area contributed by atoms with Crippen LogP contribution < -0.4 is 4.74 Å². The van der Waals surface area contributed by atoms with Crippen LogP contribution in [0.3, 0.4) is 0 Å². The van der Waals surface area contributed by atoms with Crippen molar-refractivity contribution >= 4 is 5.97 Å². The normalized spacial score (nSPS) is 12.4. The van der Waals surface area contributed by atoms with Gasteiger partial charge in [-0.15, -0.1) is 0 Å². The minimum Gasteiger partial charge on any atom is -0.491 e. The largest absolute Gasteiger partial charge is 0.491 e. The van der Waals surface area contributed by atoms with Crippen molar-refractivity contribution in [1.29, 1.82) is 0 Å². The minimum atomic E-state index is -0.916. The van der Waals surface area contributed by atoms with E-state index in [4.69, 9.17) is 9.84 Å². The molecule has 0 aliphatic heterocycles. The van der Waals surface area contributed by atoms with E-state index in [0.717, 1.165) is 31.8 Å². The average Bonchev–Trinajstić information content (AvgIpc) is 2.40. The van der Waals surface area contributed by atoms with Gasteiger partial charge < -0.3 is 14.7 Å². The van der Waals surface area contributed by atoms with E-state index in [9.17, 15) is 4.79 Å².